The van der Waals surface area contributed by atoms with Crippen LogP contribution in [-0.2, 0) is 16.7 Å². The Balaban J connectivity index is 1.77. The highest BCUT2D eigenvalue weighted by Gasteiger charge is 2.26. The molecule has 0 spiro atoms. The summed E-state index contributed by atoms with van der Waals surface area (Å²) >= 11 is 0. The van der Waals surface area contributed by atoms with Gasteiger partial charge in [-0.25, -0.2) is 4.79 Å². The molecule has 1 aromatic heterocycles. The Morgan fingerprint density at radius 2 is 1.88 bits per heavy atom. The van der Waals surface area contributed by atoms with Gasteiger partial charge in [-0.05, 0) is 33.6 Å². The molecule has 1 aliphatic rings. The van der Waals surface area contributed by atoms with Crippen LogP contribution in [0.3, 0.4) is 0 Å². The van der Waals surface area contributed by atoms with Crippen molar-refractivity contribution in [3.05, 3.63) is 11.7 Å². The lowest BCUT2D eigenvalue weighted by Crippen LogP contribution is -2.45. The molecule has 1 aliphatic heterocycles. The fourth-order valence-corrected chi connectivity index (χ4v) is 2.52. The van der Waals surface area contributed by atoms with E-state index in [1.165, 1.54) is 0 Å². The molecule has 1 amide bonds. The lowest BCUT2D eigenvalue weighted by Gasteiger charge is -2.31. The van der Waals surface area contributed by atoms with Gasteiger partial charge in [-0.1, -0.05) is 25.9 Å². The summed E-state index contributed by atoms with van der Waals surface area (Å²) in [4.78, 5) is 18.6. The predicted octanol–water partition coefficient (Wildman–Crippen LogP) is 2.86. The first kappa shape index (κ1) is 18.7. The van der Waals surface area contributed by atoms with Gasteiger partial charge in [0.05, 0.1) is 6.54 Å². The second-order valence-electron chi connectivity index (χ2n) is 8.46. The quantitative estimate of drug-likeness (QED) is 0.913. The summed E-state index contributed by atoms with van der Waals surface area (Å²) in [7, 11) is 0. The van der Waals surface area contributed by atoms with E-state index in [2.05, 4.69) is 41.1 Å². The van der Waals surface area contributed by atoms with Crippen molar-refractivity contribution >= 4 is 6.09 Å². The summed E-state index contributed by atoms with van der Waals surface area (Å²) in [6, 6.07) is 0.156. The van der Waals surface area contributed by atoms with Crippen molar-refractivity contribution in [2.45, 2.75) is 78.0 Å². The van der Waals surface area contributed by atoms with E-state index < -0.39 is 5.60 Å². The number of ether oxygens (including phenoxy) is 1. The molecule has 0 aromatic carbocycles. The maximum atomic E-state index is 11.8. The Hall–Kier alpha value is -1.63. The van der Waals surface area contributed by atoms with Crippen molar-refractivity contribution in [2.75, 3.05) is 13.1 Å². The molecule has 0 unspecified atom stereocenters. The third-order valence-electron chi connectivity index (χ3n) is 3.81. The number of nitrogens with one attached hydrogen (secondary N) is 1. The van der Waals surface area contributed by atoms with Gasteiger partial charge in [0.15, 0.2) is 5.82 Å². The van der Waals surface area contributed by atoms with E-state index in [1.807, 2.05) is 20.8 Å². The predicted molar refractivity (Wildman–Crippen MR) is 90.7 cm³/mol. The average molecular weight is 338 g/mol. The summed E-state index contributed by atoms with van der Waals surface area (Å²) in [5.74, 6) is 1.39. The monoisotopic (exact) mass is 338 g/mol. The summed E-state index contributed by atoms with van der Waals surface area (Å²) < 4.78 is 10.6. The molecule has 0 saturated carbocycles. The van der Waals surface area contributed by atoms with Crippen LogP contribution in [0.15, 0.2) is 4.52 Å². The van der Waals surface area contributed by atoms with Crippen molar-refractivity contribution in [2.24, 2.45) is 0 Å². The van der Waals surface area contributed by atoms with Crippen LogP contribution in [0.25, 0.3) is 0 Å². The first-order chi connectivity index (χ1) is 11.0. The molecule has 24 heavy (non-hydrogen) atoms. The van der Waals surface area contributed by atoms with Crippen LogP contribution in [-0.4, -0.2) is 45.9 Å². The Morgan fingerprint density at radius 3 is 2.38 bits per heavy atom. The summed E-state index contributed by atoms with van der Waals surface area (Å²) in [5.41, 5.74) is -0.570. The molecule has 2 rings (SSSR count). The van der Waals surface area contributed by atoms with E-state index in [4.69, 9.17) is 9.26 Å². The maximum absolute atomic E-state index is 11.8. The first-order valence-electron chi connectivity index (χ1n) is 8.58. The minimum atomic E-state index is -0.465. The van der Waals surface area contributed by atoms with Crippen molar-refractivity contribution < 1.29 is 14.1 Å². The highest BCUT2D eigenvalue weighted by atomic mass is 16.6. The van der Waals surface area contributed by atoms with Gasteiger partial charge in [0.1, 0.15) is 5.60 Å². The molecule has 0 bridgehead atoms. The molecule has 1 aromatic rings. The van der Waals surface area contributed by atoms with Crippen LogP contribution in [0, 0.1) is 0 Å². The molecule has 1 fully saturated rings. The van der Waals surface area contributed by atoms with Gasteiger partial charge in [-0.3, -0.25) is 4.90 Å². The second kappa shape index (κ2) is 7.09. The normalized spacial score (nSPS) is 17.8. The van der Waals surface area contributed by atoms with Gasteiger partial charge in [0, 0.05) is 24.5 Å². The molecule has 1 saturated heterocycles. The van der Waals surface area contributed by atoms with Crippen molar-refractivity contribution in [1.82, 2.24) is 20.4 Å². The number of nitrogens with zero attached hydrogens (tertiary/aromatic N) is 3. The number of alkyl carbamates (subject to hydrolysis) is 1. The minimum Gasteiger partial charge on any atom is -0.444 e. The van der Waals surface area contributed by atoms with Crippen LogP contribution in [0.1, 0.15) is 66.1 Å². The number of piperidine rings is 1. The highest BCUT2D eigenvalue weighted by Crippen LogP contribution is 2.20. The molecule has 0 atom stereocenters. The van der Waals surface area contributed by atoms with Gasteiger partial charge in [-0.15, -0.1) is 0 Å². The number of amides is 1. The van der Waals surface area contributed by atoms with E-state index in [0.29, 0.717) is 12.4 Å². The largest absolute Gasteiger partial charge is 0.444 e. The second-order valence-corrected chi connectivity index (χ2v) is 8.46. The molecule has 7 nitrogen and oxygen atoms in total. The first-order valence-corrected chi connectivity index (χ1v) is 8.58. The third kappa shape index (κ3) is 5.78. The molecule has 1 N–H and O–H groups in total. The molecular formula is C17H30N4O3. The highest BCUT2D eigenvalue weighted by molar-refractivity contribution is 5.68. The fraction of sp³-hybridized carbons (Fsp3) is 0.824. The Morgan fingerprint density at radius 1 is 1.25 bits per heavy atom. The molecular weight excluding hydrogens is 308 g/mol. The van der Waals surface area contributed by atoms with Crippen molar-refractivity contribution in [3.63, 3.8) is 0 Å². The number of hydrogen-bond donors (Lipinski definition) is 1. The third-order valence-corrected chi connectivity index (χ3v) is 3.81. The number of likely N-dealkylation sites (tertiary alicyclic amines) is 1. The van der Waals surface area contributed by atoms with Crippen LogP contribution in [0.4, 0.5) is 4.79 Å². The summed E-state index contributed by atoms with van der Waals surface area (Å²) in [6.45, 7) is 14.2. The average Bonchev–Trinajstić information content (AvgIpc) is 2.87. The minimum absolute atomic E-state index is 0.105. The lowest BCUT2D eigenvalue weighted by atomic mass is 9.96. The maximum Gasteiger partial charge on any atom is 0.407 e. The van der Waals surface area contributed by atoms with Crippen LogP contribution in [0.5, 0.6) is 0 Å². The SMILES string of the molecule is CC(C)(C)OC(=O)NC1CCN(Cc2nc(C(C)(C)C)no2)CC1. The fourth-order valence-electron chi connectivity index (χ4n) is 2.52. The Kier molecular flexibility index (Phi) is 5.52. The summed E-state index contributed by atoms with van der Waals surface area (Å²) in [6.07, 6.45) is 1.44. The zero-order valence-corrected chi connectivity index (χ0v) is 15.7. The van der Waals surface area contributed by atoms with E-state index in [1.54, 1.807) is 0 Å². The lowest BCUT2D eigenvalue weighted by molar-refractivity contribution is 0.0475. The number of carbonyl (C=O) groups is 1. The van der Waals surface area contributed by atoms with Crippen LogP contribution >= 0.6 is 0 Å². The van der Waals surface area contributed by atoms with Crippen LogP contribution < -0.4 is 5.32 Å². The van der Waals surface area contributed by atoms with E-state index >= 15 is 0 Å². The Bertz CT molecular complexity index is 549. The standard InChI is InChI=1S/C17H30N4O3/c1-16(2,3)14-19-13(24-20-14)11-21-9-7-12(8-10-21)18-15(22)23-17(4,5)6/h12H,7-11H2,1-6H3,(H,18,22). The molecule has 2 heterocycles. The number of carbonyl (C=O) groups excluding carboxylic acids is 1. The molecule has 0 aliphatic carbocycles. The number of aromatic nitrogens is 2. The number of rotatable bonds is 3. The van der Waals surface area contributed by atoms with Gasteiger partial charge in [0.25, 0.3) is 0 Å². The van der Waals surface area contributed by atoms with Gasteiger partial charge >= 0.3 is 6.09 Å². The topological polar surface area (TPSA) is 80.5 Å². The summed E-state index contributed by atoms with van der Waals surface area (Å²) in [5, 5.41) is 7.00. The van der Waals surface area contributed by atoms with Gasteiger partial charge in [0.2, 0.25) is 5.89 Å². The van der Waals surface area contributed by atoms with E-state index in [-0.39, 0.29) is 17.6 Å². The van der Waals surface area contributed by atoms with Gasteiger partial charge in [-0.2, -0.15) is 4.98 Å². The molecule has 7 heteroatoms. The van der Waals surface area contributed by atoms with Gasteiger partial charge < -0.3 is 14.6 Å². The van der Waals surface area contributed by atoms with E-state index in [9.17, 15) is 4.79 Å². The van der Waals surface area contributed by atoms with Crippen molar-refractivity contribution in [3.8, 4) is 0 Å². The zero-order valence-electron chi connectivity index (χ0n) is 15.7. The smallest absolute Gasteiger partial charge is 0.407 e. The van der Waals surface area contributed by atoms with Crippen LogP contribution in [0.2, 0.25) is 0 Å². The molecule has 136 valence electrons. The number of hydrogen-bond acceptors (Lipinski definition) is 6. The van der Waals surface area contributed by atoms with Crippen molar-refractivity contribution in [1.29, 1.82) is 0 Å². The Labute approximate surface area is 144 Å². The van der Waals surface area contributed by atoms with E-state index in [0.717, 1.165) is 31.8 Å². The molecule has 0 radical (unpaired) electrons. The zero-order chi connectivity index (χ0) is 18.0.